The van der Waals surface area contributed by atoms with Crippen LogP contribution in [0, 0.1) is 23.7 Å². The largest absolute Gasteiger partial charge is 0.399 e. The molecule has 0 radical (unpaired) electrons. The third-order valence-electron chi connectivity index (χ3n) is 12.7. The summed E-state index contributed by atoms with van der Waals surface area (Å²) in [4.78, 5) is 66.9. The highest BCUT2D eigenvalue weighted by Gasteiger charge is 2.43. The van der Waals surface area contributed by atoms with Crippen molar-refractivity contribution in [2.75, 3.05) is 47.1 Å². The summed E-state index contributed by atoms with van der Waals surface area (Å²) >= 11 is 1.56. The van der Waals surface area contributed by atoms with E-state index in [-0.39, 0.29) is 59.8 Å². The van der Waals surface area contributed by atoms with Crippen molar-refractivity contribution in [2.24, 2.45) is 23.7 Å². The standard InChI is InChI=1S/C48H73N7O6S/c1-12-32(6)43(54(9)48(59)41(30(2)3)52-46(58)42(31(4)5)53(8)29-34-20-22-36(49)23-21-34)39(60-10)27-40(56)55-25-16-19-38(55)44(61-11)33(7)45(57)51-28-37(47-50-24-26-62-47)35-17-14-13-15-18-35/h13-15,17-18,20-24,26,30-33,37-39,41-44H,12,16,19,25,27-29,49H2,1-11H3,(H,51,57)(H,52,58)/t32-,33+,37+,38-,39+,41-,42-,43-,44+/m0/s1. The molecule has 2 heterocycles. The smallest absolute Gasteiger partial charge is 0.245 e. The van der Waals surface area contributed by atoms with Gasteiger partial charge >= 0.3 is 0 Å². The van der Waals surface area contributed by atoms with Crippen LogP contribution in [0.1, 0.15) is 96.2 Å². The summed E-state index contributed by atoms with van der Waals surface area (Å²) < 4.78 is 12.1. The Morgan fingerprint density at radius 1 is 0.935 bits per heavy atom. The van der Waals surface area contributed by atoms with Crippen LogP contribution in [0.2, 0.25) is 0 Å². The monoisotopic (exact) mass is 876 g/mol. The van der Waals surface area contributed by atoms with E-state index in [1.807, 2.05) is 111 Å². The lowest BCUT2D eigenvalue weighted by molar-refractivity contribution is -0.148. The number of likely N-dealkylation sites (N-methyl/N-ethyl adjacent to an activating group) is 2. The number of nitrogens with zero attached hydrogens (tertiary/aromatic N) is 4. The van der Waals surface area contributed by atoms with Gasteiger partial charge < -0.3 is 35.6 Å². The number of amides is 4. The number of nitrogen functional groups attached to an aromatic ring is 1. The summed E-state index contributed by atoms with van der Waals surface area (Å²) in [6, 6.07) is 15.6. The first-order chi connectivity index (χ1) is 29.5. The molecule has 4 N–H and O–H groups in total. The maximum Gasteiger partial charge on any atom is 0.245 e. The molecule has 14 heteroatoms. The van der Waals surface area contributed by atoms with Gasteiger partial charge in [0.2, 0.25) is 23.6 Å². The zero-order valence-corrected chi connectivity index (χ0v) is 39.7. The maximum atomic E-state index is 14.6. The number of carbonyl (C=O) groups is 4. The van der Waals surface area contributed by atoms with E-state index < -0.39 is 36.3 Å². The molecular formula is C48H73N7O6S. The highest BCUT2D eigenvalue weighted by Crippen LogP contribution is 2.31. The fourth-order valence-corrected chi connectivity index (χ4v) is 9.87. The molecule has 4 rings (SSSR count). The third kappa shape index (κ3) is 12.9. The molecule has 9 atom stereocenters. The molecule has 0 aliphatic carbocycles. The average molecular weight is 876 g/mol. The Bertz CT molecular complexity index is 1850. The minimum atomic E-state index is -0.805. The first-order valence-electron chi connectivity index (χ1n) is 22.2. The van der Waals surface area contributed by atoms with Crippen molar-refractivity contribution in [2.45, 2.75) is 123 Å². The Hall–Kier alpha value is -4.37. The van der Waals surface area contributed by atoms with Crippen LogP contribution in [0.3, 0.4) is 0 Å². The van der Waals surface area contributed by atoms with Gasteiger partial charge in [0.05, 0.1) is 48.6 Å². The number of likely N-dealkylation sites (tertiary alicyclic amines) is 1. The first kappa shape index (κ1) is 50.3. The van der Waals surface area contributed by atoms with Gasteiger partial charge in [-0.05, 0) is 60.9 Å². The summed E-state index contributed by atoms with van der Waals surface area (Å²) in [7, 11) is 6.85. The van der Waals surface area contributed by atoms with Crippen molar-refractivity contribution >= 4 is 40.7 Å². The lowest BCUT2D eigenvalue weighted by atomic mass is 9.89. The van der Waals surface area contributed by atoms with Crippen molar-refractivity contribution in [3.8, 4) is 0 Å². The number of ether oxygens (including phenoxy) is 2. The number of nitrogens with two attached hydrogens (primary N) is 1. The second kappa shape index (κ2) is 23.9. The molecule has 342 valence electrons. The fraction of sp³-hybridized carbons (Fsp3) is 0.604. The average Bonchev–Trinajstić information content (AvgIpc) is 3.97. The van der Waals surface area contributed by atoms with Gasteiger partial charge in [-0.25, -0.2) is 4.98 Å². The SMILES string of the molecule is CC[C@H](C)[C@@H]([C@@H](CC(=O)N1CCC[C@H]1[C@H](OC)[C@@H](C)C(=O)NC[C@H](c1ccccc1)c1nccs1)OC)N(C)C(=O)[C@@H](NC(=O)[C@H](C(C)C)N(C)Cc1ccc(N)cc1)C(C)C. The van der Waals surface area contributed by atoms with E-state index in [0.29, 0.717) is 31.7 Å². The van der Waals surface area contributed by atoms with Gasteiger partial charge in [0.1, 0.15) is 11.0 Å². The van der Waals surface area contributed by atoms with E-state index in [1.54, 1.807) is 43.7 Å². The van der Waals surface area contributed by atoms with Crippen LogP contribution in [-0.2, 0) is 35.2 Å². The summed E-state index contributed by atoms with van der Waals surface area (Å²) in [6.07, 6.45) is 2.85. The van der Waals surface area contributed by atoms with Crippen LogP contribution < -0.4 is 16.4 Å². The molecule has 0 bridgehead atoms. The van der Waals surface area contributed by atoms with Gasteiger partial charge in [-0.15, -0.1) is 11.3 Å². The molecule has 4 amide bonds. The zero-order valence-electron chi connectivity index (χ0n) is 38.9. The van der Waals surface area contributed by atoms with E-state index in [2.05, 4.69) is 29.5 Å². The Balaban J connectivity index is 1.46. The van der Waals surface area contributed by atoms with Gasteiger partial charge in [0.25, 0.3) is 0 Å². The Labute approximate surface area is 374 Å². The Morgan fingerprint density at radius 3 is 2.18 bits per heavy atom. The Morgan fingerprint density at radius 2 is 1.61 bits per heavy atom. The molecular weight excluding hydrogens is 803 g/mol. The summed E-state index contributed by atoms with van der Waals surface area (Å²) in [5, 5.41) is 9.15. The predicted molar refractivity (Wildman–Crippen MR) is 247 cm³/mol. The highest BCUT2D eigenvalue weighted by molar-refractivity contribution is 7.09. The van der Waals surface area contributed by atoms with Crippen LogP contribution >= 0.6 is 11.3 Å². The number of methoxy groups -OCH3 is 2. The van der Waals surface area contributed by atoms with Crippen molar-refractivity contribution in [3.05, 3.63) is 82.3 Å². The lowest BCUT2D eigenvalue weighted by Gasteiger charge is -2.41. The molecule has 2 aromatic carbocycles. The van der Waals surface area contributed by atoms with E-state index in [4.69, 9.17) is 15.2 Å². The van der Waals surface area contributed by atoms with Crippen LogP contribution in [0.4, 0.5) is 5.69 Å². The molecule has 1 aromatic heterocycles. The number of rotatable bonds is 23. The van der Waals surface area contributed by atoms with Gasteiger partial charge in [-0.2, -0.15) is 0 Å². The Kier molecular flexibility index (Phi) is 19.4. The van der Waals surface area contributed by atoms with E-state index in [9.17, 15) is 19.2 Å². The molecule has 0 unspecified atom stereocenters. The number of carbonyl (C=O) groups excluding carboxylic acids is 4. The topological polar surface area (TPSA) is 159 Å². The normalized spacial score (nSPS) is 18.2. The molecule has 3 aromatic rings. The number of benzene rings is 2. The third-order valence-corrected chi connectivity index (χ3v) is 13.6. The molecule has 62 heavy (non-hydrogen) atoms. The van der Waals surface area contributed by atoms with Gasteiger partial charge in [-0.3, -0.25) is 24.1 Å². The number of hydrogen-bond acceptors (Lipinski definition) is 10. The van der Waals surface area contributed by atoms with Crippen molar-refractivity contribution in [3.63, 3.8) is 0 Å². The molecule has 1 aliphatic heterocycles. The number of anilines is 1. The number of aromatic nitrogens is 1. The molecule has 1 saturated heterocycles. The molecule has 0 spiro atoms. The van der Waals surface area contributed by atoms with Gasteiger partial charge in [-0.1, -0.05) is 97.4 Å². The number of nitrogens with one attached hydrogen (secondary N) is 2. The summed E-state index contributed by atoms with van der Waals surface area (Å²) in [5.41, 5.74) is 8.68. The van der Waals surface area contributed by atoms with Crippen molar-refractivity contribution in [1.82, 2.24) is 30.3 Å². The van der Waals surface area contributed by atoms with E-state index in [1.165, 1.54) is 0 Å². The quantitative estimate of drug-likeness (QED) is 0.0945. The lowest BCUT2D eigenvalue weighted by Crippen LogP contribution is -2.60. The first-order valence-corrected chi connectivity index (χ1v) is 23.1. The van der Waals surface area contributed by atoms with E-state index in [0.717, 1.165) is 29.0 Å². The predicted octanol–water partition coefficient (Wildman–Crippen LogP) is 6.19. The highest BCUT2D eigenvalue weighted by atomic mass is 32.1. The molecule has 1 fully saturated rings. The minimum Gasteiger partial charge on any atom is -0.399 e. The number of hydrogen-bond donors (Lipinski definition) is 3. The number of thiazole rings is 1. The maximum absolute atomic E-state index is 14.6. The van der Waals surface area contributed by atoms with Crippen LogP contribution in [0.25, 0.3) is 0 Å². The van der Waals surface area contributed by atoms with Crippen LogP contribution in [0.5, 0.6) is 0 Å². The van der Waals surface area contributed by atoms with Gasteiger partial charge in [0, 0.05) is 58.2 Å². The zero-order chi connectivity index (χ0) is 45.7. The minimum absolute atomic E-state index is 0.0309. The van der Waals surface area contributed by atoms with Crippen LogP contribution in [0.15, 0.2) is 66.2 Å². The van der Waals surface area contributed by atoms with Crippen molar-refractivity contribution < 1.29 is 28.7 Å². The molecule has 13 nitrogen and oxygen atoms in total. The summed E-state index contributed by atoms with van der Waals surface area (Å²) in [6.45, 7) is 15.3. The van der Waals surface area contributed by atoms with E-state index >= 15 is 0 Å². The summed E-state index contributed by atoms with van der Waals surface area (Å²) in [5.74, 6) is -1.64. The fourth-order valence-electron chi connectivity index (χ4n) is 9.10. The molecule has 0 saturated carbocycles. The van der Waals surface area contributed by atoms with Crippen molar-refractivity contribution in [1.29, 1.82) is 0 Å². The van der Waals surface area contributed by atoms with Crippen LogP contribution in [-0.4, -0.2) is 121 Å². The second-order valence-electron chi connectivity index (χ2n) is 17.7. The van der Waals surface area contributed by atoms with Gasteiger partial charge in [0.15, 0.2) is 0 Å². The molecule has 1 aliphatic rings. The second-order valence-corrected chi connectivity index (χ2v) is 18.7.